The quantitative estimate of drug-likeness (QED) is 0.710. The molecule has 0 amide bonds. The summed E-state index contributed by atoms with van der Waals surface area (Å²) in [6, 6.07) is 0.273. The molecule has 1 atom stereocenters. The van der Waals surface area contributed by atoms with Gasteiger partial charge >= 0.3 is 0 Å². The molecule has 0 aliphatic heterocycles. The predicted molar refractivity (Wildman–Crippen MR) is 43.2 cm³/mol. The third-order valence-electron chi connectivity index (χ3n) is 0.543. The second-order valence-electron chi connectivity index (χ2n) is 1.23. The van der Waals surface area contributed by atoms with Gasteiger partial charge in [-0.2, -0.15) is 0 Å². The van der Waals surface area contributed by atoms with Crippen LogP contribution in [0.25, 0.3) is 0 Å². The van der Waals surface area contributed by atoms with Gasteiger partial charge in [0, 0.05) is 10.2 Å². The lowest BCUT2D eigenvalue weighted by Crippen LogP contribution is -2.08. The molecule has 0 saturated carbocycles. The first-order chi connectivity index (χ1) is 3.81. The van der Waals surface area contributed by atoms with E-state index in [-0.39, 0.29) is 6.07 Å². The zero-order valence-electron chi connectivity index (χ0n) is 4.24. The molecule has 8 heavy (non-hydrogen) atoms. The van der Waals surface area contributed by atoms with Gasteiger partial charge in [-0.05, 0) is 0 Å². The van der Waals surface area contributed by atoms with Crippen molar-refractivity contribution in [1.29, 1.82) is 0 Å². The number of hydrogen-bond donors (Lipinski definition) is 0. The minimum atomic E-state index is 0.273. The van der Waals surface area contributed by atoms with Crippen molar-refractivity contribution in [2.75, 3.05) is 18.0 Å². The Labute approximate surface area is 71.0 Å². The van der Waals surface area contributed by atoms with E-state index in [1.54, 1.807) is 0 Å². The molecule has 0 fully saturated rings. The summed E-state index contributed by atoms with van der Waals surface area (Å²) in [5.41, 5.74) is 0. The van der Waals surface area contributed by atoms with E-state index in [9.17, 15) is 0 Å². The monoisotopic (exact) mass is 264 g/mol. The lowest BCUT2D eigenvalue weighted by atomic mass is 10.5. The molecule has 0 spiro atoms. The molecule has 0 aliphatic rings. The molecule has 0 aromatic carbocycles. The van der Waals surface area contributed by atoms with Crippen molar-refractivity contribution in [2.24, 2.45) is 0 Å². The van der Waals surface area contributed by atoms with Gasteiger partial charge < -0.3 is 4.74 Å². The van der Waals surface area contributed by atoms with Crippen LogP contribution in [0.3, 0.4) is 0 Å². The molecule has 0 aliphatic carbocycles. The Morgan fingerprint density at radius 3 is 2.62 bits per heavy atom. The van der Waals surface area contributed by atoms with Crippen LogP contribution in [0.2, 0.25) is 0 Å². The maximum atomic E-state index is 5.24. The lowest BCUT2D eigenvalue weighted by Gasteiger charge is -2.02. The summed E-state index contributed by atoms with van der Waals surface area (Å²) in [4.78, 5) is 0.376. The summed E-state index contributed by atoms with van der Waals surface area (Å²) < 4.78 is 4.87. The zero-order valence-corrected chi connectivity index (χ0v) is 8.17. The highest BCUT2D eigenvalue weighted by atomic mass is 79.9. The highest BCUT2D eigenvalue weighted by Gasteiger charge is 1.98. The summed E-state index contributed by atoms with van der Waals surface area (Å²) in [5.74, 6) is 0. The highest BCUT2D eigenvalue weighted by molar-refractivity contribution is 9.12. The number of hydrogen-bond acceptors (Lipinski definition) is 1. The second kappa shape index (κ2) is 6.33. The van der Waals surface area contributed by atoms with Crippen molar-refractivity contribution >= 4 is 43.5 Å². The molecule has 0 bridgehead atoms. The standard InChI is InChI=1S/C4H7Br2ClO/c5-1-4(6)2-8-3-7/h4H,1-3H2. The fraction of sp³-hybridized carbons (Fsp3) is 1.00. The van der Waals surface area contributed by atoms with Gasteiger partial charge in [0.2, 0.25) is 0 Å². The Hall–Kier alpha value is 1.21. The number of alkyl halides is 3. The van der Waals surface area contributed by atoms with Crippen LogP contribution >= 0.6 is 43.5 Å². The maximum absolute atomic E-state index is 5.24. The summed E-state index contributed by atoms with van der Waals surface area (Å²) in [7, 11) is 0. The lowest BCUT2D eigenvalue weighted by molar-refractivity contribution is 0.185. The normalized spacial score (nSPS) is 13.9. The summed E-state index contributed by atoms with van der Waals surface area (Å²) in [6.45, 7) is 0.661. The van der Waals surface area contributed by atoms with Crippen LogP contribution in [0.5, 0.6) is 0 Å². The predicted octanol–water partition coefficient (Wildman–Crippen LogP) is 2.36. The van der Waals surface area contributed by atoms with Gasteiger partial charge in [0.1, 0.15) is 6.07 Å². The molecule has 0 rings (SSSR count). The van der Waals surface area contributed by atoms with Crippen LogP contribution < -0.4 is 0 Å². The third-order valence-corrected chi connectivity index (χ3v) is 2.94. The molecule has 50 valence electrons. The Kier molecular flexibility index (Phi) is 7.29. The summed E-state index contributed by atoms with van der Waals surface area (Å²) >= 11 is 11.9. The van der Waals surface area contributed by atoms with Gasteiger partial charge in [-0.25, -0.2) is 0 Å². The molecule has 4 heteroatoms. The van der Waals surface area contributed by atoms with Crippen LogP contribution in [0.4, 0.5) is 0 Å². The summed E-state index contributed by atoms with van der Waals surface area (Å²) in [5, 5.41) is 0.893. The Morgan fingerprint density at radius 2 is 2.25 bits per heavy atom. The van der Waals surface area contributed by atoms with Crippen LogP contribution in [-0.4, -0.2) is 22.8 Å². The first-order valence-electron chi connectivity index (χ1n) is 2.15. The summed E-state index contributed by atoms with van der Waals surface area (Å²) in [6.07, 6.45) is 0. The average molecular weight is 266 g/mol. The van der Waals surface area contributed by atoms with E-state index in [0.717, 1.165) is 5.33 Å². The highest BCUT2D eigenvalue weighted by Crippen LogP contribution is 2.03. The fourth-order valence-electron chi connectivity index (χ4n) is 0.217. The molecule has 0 heterocycles. The van der Waals surface area contributed by atoms with Gasteiger partial charge in [-0.1, -0.05) is 43.5 Å². The van der Waals surface area contributed by atoms with E-state index < -0.39 is 0 Å². The molecule has 0 radical (unpaired) electrons. The zero-order chi connectivity index (χ0) is 6.41. The average Bonchev–Trinajstić information content (AvgIpc) is 1.83. The smallest absolute Gasteiger partial charge is 0.120 e. The van der Waals surface area contributed by atoms with Gasteiger partial charge in [-0.3, -0.25) is 0 Å². The molecule has 1 unspecified atom stereocenters. The van der Waals surface area contributed by atoms with Crippen molar-refractivity contribution in [1.82, 2.24) is 0 Å². The van der Waals surface area contributed by atoms with Crippen molar-refractivity contribution in [3.05, 3.63) is 0 Å². The number of halogens is 3. The maximum Gasteiger partial charge on any atom is 0.120 e. The van der Waals surface area contributed by atoms with E-state index in [0.29, 0.717) is 11.4 Å². The Balaban J connectivity index is 2.86. The van der Waals surface area contributed by atoms with Gasteiger partial charge in [0.05, 0.1) is 6.61 Å². The van der Waals surface area contributed by atoms with Gasteiger partial charge in [-0.15, -0.1) is 0 Å². The van der Waals surface area contributed by atoms with Crippen LogP contribution in [-0.2, 0) is 4.74 Å². The van der Waals surface area contributed by atoms with Crippen molar-refractivity contribution in [3.63, 3.8) is 0 Å². The topological polar surface area (TPSA) is 9.23 Å². The molecule has 0 N–H and O–H groups in total. The van der Waals surface area contributed by atoms with Gasteiger partial charge in [0.25, 0.3) is 0 Å². The molecular weight excluding hydrogens is 259 g/mol. The molecule has 0 aromatic rings. The largest absolute Gasteiger partial charge is 0.365 e. The Bertz CT molecular complexity index is 53.3. The van der Waals surface area contributed by atoms with E-state index in [2.05, 4.69) is 31.9 Å². The SMILES string of the molecule is ClCOCC(Br)CBr. The van der Waals surface area contributed by atoms with Crippen LogP contribution in [0, 0.1) is 0 Å². The third kappa shape index (κ3) is 5.35. The molecular formula is C4H7Br2ClO. The van der Waals surface area contributed by atoms with Crippen LogP contribution in [0.15, 0.2) is 0 Å². The number of ether oxygens (including phenoxy) is 1. The van der Waals surface area contributed by atoms with E-state index in [1.165, 1.54) is 0 Å². The molecule has 0 aromatic heterocycles. The van der Waals surface area contributed by atoms with Crippen LogP contribution in [0.1, 0.15) is 0 Å². The molecule has 0 saturated heterocycles. The van der Waals surface area contributed by atoms with Crippen molar-refractivity contribution in [3.8, 4) is 0 Å². The van der Waals surface area contributed by atoms with Gasteiger partial charge in [0.15, 0.2) is 0 Å². The van der Waals surface area contributed by atoms with Crippen molar-refractivity contribution in [2.45, 2.75) is 4.83 Å². The first-order valence-corrected chi connectivity index (χ1v) is 4.72. The number of rotatable bonds is 4. The van der Waals surface area contributed by atoms with E-state index in [1.807, 2.05) is 0 Å². The minimum Gasteiger partial charge on any atom is -0.365 e. The second-order valence-corrected chi connectivity index (χ2v) is 3.39. The molecule has 1 nitrogen and oxygen atoms in total. The first kappa shape index (κ1) is 9.21. The van der Waals surface area contributed by atoms with E-state index in [4.69, 9.17) is 16.3 Å². The van der Waals surface area contributed by atoms with E-state index >= 15 is 0 Å². The minimum absolute atomic E-state index is 0.273. The fourth-order valence-corrected chi connectivity index (χ4v) is 0.680. The Morgan fingerprint density at radius 1 is 1.62 bits per heavy atom. The van der Waals surface area contributed by atoms with Crippen molar-refractivity contribution < 1.29 is 4.74 Å².